The summed E-state index contributed by atoms with van der Waals surface area (Å²) in [5, 5.41) is 0. The third-order valence-corrected chi connectivity index (χ3v) is 0. The maximum atomic E-state index is 4.45. The summed E-state index contributed by atoms with van der Waals surface area (Å²) in [5.41, 5.74) is 0. The molecule has 0 spiro atoms. The van der Waals surface area contributed by atoms with E-state index >= 15 is 0 Å². The molecule has 0 radical (unpaired) electrons. The van der Waals surface area contributed by atoms with Crippen molar-refractivity contribution in [2.24, 2.45) is 0 Å². The van der Waals surface area contributed by atoms with Gasteiger partial charge in [0.05, 0.1) is 0 Å². The van der Waals surface area contributed by atoms with Crippen LogP contribution in [0.15, 0.2) is 0 Å². The molecule has 0 saturated carbocycles. The summed E-state index contributed by atoms with van der Waals surface area (Å²) in [6.07, 6.45) is 0. The van der Waals surface area contributed by atoms with Crippen molar-refractivity contribution in [2.75, 3.05) is 0 Å². The Morgan fingerprint density at radius 2 is 1.00 bits per heavy atom. The summed E-state index contributed by atoms with van der Waals surface area (Å²) in [6, 6.07) is 0. The van der Waals surface area contributed by atoms with Crippen molar-refractivity contribution in [3.63, 3.8) is 0 Å². The van der Waals surface area contributed by atoms with Crippen molar-refractivity contribution < 1.29 is 115 Å². The molecule has 0 aliphatic rings. The van der Waals surface area contributed by atoms with Gasteiger partial charge in [-0.25, -0.2) is 0 Å². The maximum Gasteiger partial charge on any atom is 1.00 e. The fourth-order valence-corrected chi connectivity index (χ4v) is 0. The Bertz CT molecular complexity index is 10.8. The Hall–Kier alpha value is 3.84. The van der Waals surface area contributed by atoms with Crippen molar-refractivity contribution in [2.45, 2.75) is 0 Å². The minimum Gasteiger partial charge on any atom is 1.00 e. The molecule has 6 heavy (non-hydrogen) atoms. The van der Waals surface area contributed by atoms with Gasteiger partial charge in [-0.2, -0.15) is 0 Å². The molecule has 0 unspecified atom stereocenters. The van der Waals surface area contributed by atoms with E-state index < -0.39 is 0 Å². The molecule has 0 nitrogen and oxygen atoms in total. The van der Waals surface area contributed by atoms with Gasteiger partial charge in [-0.1, -0.05) is 0 Å². The average molecular weight is 260 g/mol. The molecule has 0 heterocycles. The van der Waals surface area contributed by atoms with Crippen LogP contribution in [0.2, 0.25) is 0 Å². The van der Waals surface area contributed by atoms with Crippen molar-refractivity contribution in [3.8, 4) is 0 Å². The van der Waals surface area contributed by atoms with E-state index in [0.717, 1.165) is 0 Å². The third-order valence-electron chi connectivity index (χ3n) is 0. The minimum absolute atomic E-state index is 0. The van der Waals surface area contributed by atoms with E-state index in [1.807, 2.05) is 0 Å². The van der Waals surface area contributed by atoms with E-state index in [4.69, 9.17) is 0 Å². The van der Waals surface area contributed by atoms with Gasteiger partial charge < -0.3 is 24.8 Å². The molecule has 0 N–H and O–H groups in total. The third kappa shape index (κ3) is 24.9. The maximum absolute atomic E-state index is 4.45. The summed E-state index contributed by atoms with van der Waals surface area (Å²) in [7, 11) is 4.45. The first kappa shape index (κ1) is 32.8. The first-order chi connectivity index (χ1) is 1.00. The molecule has 0 amide bonds. The predicted octanol–water partition coefficient (Wildman–Crippen LogP) is -11.3. The van der Waals surface area contributed by atoms with Crippen LogP contribution in [0.1, 0.15) is 0 Å². The van der Waals surface area contributed by atoms with Crippen molar-refractivity contribution >= 4 is 9.19 Å². The Labute approximate surface area is 121 Å². The quantitative estimate of drug-likeness (QED) is 0.380. The van der Waals surface area contributed by atoms with E-state index in [2.05, 4.69) is 29.2 Å². The standard InChI is InChI=1S/Ag.3ClH.K.Li/h;3*1H;;/q+1;;;;2*+1/p-3. The second kappa shape index (κ2) is 36.8. The zero-order valence-electron chi connectivity index (χ0n) is 3.44. The topological polar surface area (TPSA) is 0 Å². The molecule has 0 saturated heterocycles. The van der Waals surface area contributed by atoms with Crippen LogP contribution >= 0.6 is 9.19 Å². The summed E-state index contributed by atoms with van der Waals surface area (Å²) in [5.74, 6) is 0. The zero-order valence-corrected chi connectivity index (χ0v) is 10.3. The fourth-order valence-electron chi connectivity index (χ4n) is 0. The van der Waals surface area contributed by atoms with Gasteiger partial charge in [0.1, 0.15) is 0 Å². The molecule has 0 atom stereocenters. The normalized spacial score (nSPS) is 1.17. The Morgan fingerprint density at radius 1 is 1.00 bits per heavy atom. The van der Waals surface area contributed by atoms with Crippen LogP contribution in [-0.4, -0.2) is 0 Å². The van der Waals surface area contributed by atoms with Gasteiger partial charge in [0.15, 0.2) is 0 Å². The minimum atomic E-state index is 0. The molecule has 0 rings (SSSR count). The average Bonchev–Trinajstić information content (AvgIpc) is 1.00. The Balaban J connectivity index is -0.000000000833. The van der Waals surface area contributed by atoms with E-state index in [1.54, 1.807) is 0 Å². The molecule has 0 aliphatic heterocycles. The van der Waals surface area contributed by atoms with Gasteiger partial charge >= 0.3 is 99.4 Å². The largest absolute Gasteiger partial charge is 1.00 e. The van der Waals surface area contributed by atoms with Crippen molar-refractivity contribution in [1.82, 2.24) is 0 Å². The van der Waals surface area contributed by atoms with Gasteiger partial charge in [-0.3, -0.25) is 0 Å². The molecule has 0 aromatic carbocycles. The van der Waals surface area contributed by atoms with Crippen molar-refractivity contribution in [1.29, 1.82) is 0 Å². The van der Waals surface area contributed by atoms with Gasteiger partial charge in [-0.15, -0.1) is 0 Å². The molecular weight excluding hydrogens is 260 g/mol. The zero-order chi connectivity index (χ0) is 2.00. The first-order valence-electron chi connectivity index (χ1n) is 0.114. The summed E-state index contributed by atoms with van der Waals surface area (Å²) in [4.78, 5) is 0. The first-order valence-corrected chi connectivity index (χ1v) is 2.02. The molecule has 0 aliphatic carbocycles. The summed E-state index contributed by atoms with van der Waals surface area (Å²) >= 11 is 2.42. The Morgan fingerprint density at radius 3 is 1.00 bits per heavy atom. The van der Waals surface area contributed by atoms with Crippen LogP contribution in [0, 0.1) is 0 Å². The second-order valence-corrected chi connectivity index (χ2v) is 0. The van der Waals surface area contributed by atoms with Crippen LogP contribution < -0.4 is 95.1 Å². The SMILES string of the molecule is [Cl-].[Cl-].[Cl][Ag].[K+].[Li+]. The molecule has 34 valence electrons. The predicted molar refractivity (Wildman–Crippen MR) is 5.85 cm³/mol. The number of rotatable bonds is 0. The van der Waals surface area contributed by atoms with Crippen LogP contribution in [0.5, 0.6) is 0 Å². The molecule has 0 fully saturated rings. The summed E-state index contributed by atoms with van der Waals surface area (Å²) in [6.45, 7) is 0. The molecule has 0 bridgehead atoms. The number of halogens is 3. The van der Waals surface area contributed by atoms with E-state index in [-0.39, 0.29) is 95.1 Å². The molecule has 0 aromatic rings. The van der Waals surface area contributed by atoms with Gasteiger partial charge in [0.2, 0.25) is 0 Å². The summed E-state index contributed by atoms with van der Waals surface area (Å²) < 4.78 is 0. The van der Waals surface area contributed by atoms with Crippen LogP contribution in [-0.2, 0) is 20.0 Å². The molecular formula is AgCl3KLi. The van der Waals surface area contributed by atoms with Crippen molar-refractivity contribution in [3.05, 3.63) is 0 Å². The van der Waals surface area contributed by atoms with Crippen LogP contribution in [0.4, 0.5) is 0 Å². The van der Waals surface area contributed by atoms with Gasteiger partial charge in [-0.05, 0) is 0 Å². The van der Waals surface area contributed by atoms with E-state index in [1.165, 1.54) is 0 Å². The van der Waals surface area contributed by atoms with E-state index in [9.17, 15) is 0 Å². The number of hydrogen-bond donors (Lipinski definition) is 0. The van der Waals surface area contributed by atoms with Gasteiger partial charge in [0.25, 0.3) is 0 Å². The van der Waals surface area contributed by atoms with E-state index in [0.29, 0.717) is 0 Å². The van der Waals surface area contributed by atoms with Gasteiger partial charge in [0, 0.05) is 0 Å². The van der Waals surface area contributed by atoms with Crippen LogP contribution in [0.3, 0.4) is 0 Å². The number of hydrogen-bond acceptors (Lipinski definition) is 0. The second-order valence-electron chi connectivity index (χ2n) is 0. The molecule has 6 heteroatoms. The van der Waals surface area contributed by atoms with Crippen LogP contribution in [0.25, 0.3) is 0 Å². The smallest absolute Gasteiger partial charge is 1.00 e. The fraction of sp³-hybridized carbons (Fsp3) is 0. The molecule has 0 aromatic heterocycles. The monoisotopic (exact) mass is 258 g/mol. The Kier molecular flexibility index (Phi) is 201.